The number of fused-ring (bicyclic) bond motifs is 1. The molecule has 0 atom stereocenters. The van der Waals surface area contributed by atoms with Crippen molar-refractivity contribution in [2.75, 3.05) is 11.4 Å². The van der Waals surface area contributed by atoms with Gasteiger partial charge in [0.05, 0.1) is 12.2 Å². The second-order valence-corrected chi connectivity index (χ2v) is 8.32. The third kappa shape index (κ3) is 3.54. The average Bonchev–Trinajstić information content (AvgIpc) is 2.73. The smallest absolute Gasteiger partial charge is 0.128 e. The third-order valence-electron chi connectivity index (χ3n) is 6.04. The van der Waals surface area contributed by atoms with Gasteiger partial charge in [0.1, 0.15) is 5.82 Å². The van der Waals surface area contributed by atoms with Crippen molar-refractivity contribution >= 4 is 5.69 Å². The lowest BCUT2D eigenvalue weighted by Crippen LogP contribution is -2.31. The van der Waals surface area contributed by atoms with Crippen LogP contribution in [0.4, 0.5) is 5.69 Å². The lowest BCUT2D eigenvalue weighted by Gasteiger charge is -2.31. The Kier molecular flexibility index (Phi) is 4.92. The van der Waals surface area contributed by atoms with Crippen LogP contribution in [0.2, 0.25) is 0 Å². The van der Waals surface area contributed by atoms with Crippen molar-refractivity contribution in [1.29, 1.82) is 0 Å². The van der Waals surface area contributed by atoms with Gasteiger partial charge < -0.3 is 4.90 Å². The monoisotopic (exact) mass is 371 g/mol. The molecule has 3 nitrogen and oxygen atoms in total. The van der Waals surface area contributed by atoms with Crippen LogP contribution in [0.1, 0.15) is 54.5 Å². The maximum absolute atomic E-state index is 4.76. The standard InChI is InChI=1S/C25H29N3/c1-5-24-26-16-19-14-15-28(17-23(19)27-24)22-12-10-21(11-13-22)25(3,4)20-8-6-18(2)7-9-20/h6-13,16H,5,14-15,17H2,1-4H3. The zero-order valence-corrected chi connectivity index (χ0v) is 17.4. The van der Waals surface area contributed by atoms with Crippen molar-refractivity contribution < 1.29 is 0 Å². The van der Waals surface area contributed by atoms with Gasteiger partial charge in [-0.3, -0.25) is 0 Å². The van der Waals surface area contributed by atoms with E-state index in [9.17, 15) is 0 Å². The minimum absolute atomic E-state index is 0.00994. The summed E-state index contributed by atoms with van der Waals surface area (Å²) >= 11 is 0. The van der Waals surface area contributed by atoms with Crippen molar-refractivity contribution in [2.45, 2.75) is 52.5 Å². The first-order valence-corrected chi connectivity index (χ1v) is 10.2. The van der Waals surface area contributed by atoms with Crippen LogP contribution < -0.4 is 4.90 Å². The molecule has 3 aromatic rings. The number of anilines is 1. The Hall–Kier alpha value is -2.68. The van der Waals surface area contributed by atoms with Gasteiger partial charge in [0.15, 0.2) is 0 Å². The molecule has 1 aliphatic heterocycles. The quantitative estimate of drug-likeness (QED) is 0.628. The van der Waals surface area contributed by atoms with Crippen molar-refractivity contribution in [3.05, 3.63) is 88.5 Å². The van der Waals surface area contributed by atoms with Gasteiger partial charge in [-0.1, -0.05) is 62.7 Å². The summed E-state index contributed by atoms with van der Waals surface area (Å²) in [6.45, 7) is 10.7. The van der Waals surface area contributed by atoms with Crippen LogP contribution in [0.3, 0.4) is 0 Å². The first kappa shape index (κ1) is 18.7. The maximum Gasteiger partial charge on any atom is 0.128 e. The summed E-state index contributed by atoms with van der Waals surface area (Å²) in [4.78, 5) is 11.6. The summed E-state index contributed by atoms with van der Waals surface area (Å²) in [5.74, 6) is 0.941. The van der Waals surface area contributed by atoms with Gasteiger partial charge >= 0.3 is 0 Å². The Morgan fingerprint density at radius 1 is 0.964 bits per heavy atom. The molecule has 0 spiro atoms. The molecule has 0 unspecified atom stereocenters. The van der Waals surface area contributed by atoms with Gasteiger partial charge in [-0.05, 0) is 42.2 Å². The Labute approximate surface area is 168 Å². The molecular weight excluding hydrogens is 342 g/mol. The maximum atomic E-state index is 4.76. The second kappa shape index (κ2) is 7.38. The third-order valence-corrected chi connectivity index (χ3v) is 6.04. The molecule has 4 rings (SSSR count). The number of nitrogens with zero attached hydrogens (tertiary/aromatic N) is 3. The van der Waals surface area contributed by atoms with Crippen molar-refractivity contribution in [1.82, 2.24) is 9.97 Å². The number of aryl methyl sites for hydroxylation is 2. The van der Waals surface area contributed by atoms with Crippen LogP contribution >= 0.6 is 0 Å². The summed E-state index contributed by atoms with van der Waals surface area (Å²) in [6, 6.07) is 18.0. The van der Waals surface area contributed by atoms with E-state index in [2.05, 4.69) is 86.1 Å². The molecule has 0 amide bonds. The first-order chi connectivity index (χ1) is 13.5. The number of hydrogen-bond donors (Lipinski definition) is 0. The van der Waals surface area contributed by atoms with Crippen molar-refractivity contribution in [3.8, 4) is 0 Å². The van der Waals surface area contributed by atoms with E-state index in [-0.39, 0.29) is 5.41 Å². The predicted molar refractivity (Wildman–Crippen MR) is 116 cm³/mol. The molecule has 2 heterocycles. The molecular formula is C25H29N3. The predicted octanol–water partition coefficient (Wildman–Crippen LogP) is 5.24. The zero-order valence-electron chi connectivity index (χ0n) is 17.4. The molecule has 0 aliphatic carbocycles. The van der Waals surface area contributed by atoms with Crippen LogP contribution in [0.25, 0.3) is 0 Å². The fraction of sp³-hybridized carbons (Fsp3) is 0.360. The number of benzene rings is 2. The van der Waals surface area contributed by atoms with E-state index in [1.54, 1.807) is 0 Å². The molecule has 1 aliphatic rings. The number of aromatic nitrogens is 2. The highest BCUT2D eigenvalue weighted by atomic mass is 15.1. The summed E-state index contributed by atoms with van der Waals surface area (Å²) in [5.41, 5.74) is 7.73. The molecule has 28 heavy (non-hydrogen) atoms. The molecule has 144 valence electrons. The van der Waals surface area contributed by atoms with Crippen LogP contribution in [0, 0.1) is 6.92 Å². The van der Waals surface area contributed by atoms with E-state index >= 15 is 0 Å². The molecule has 3 heteroatoms. The topological polar surface area (TPSA) is 29.0 Å². The highest BCUT2D eigenvalue weighted by Gasteiger charge is 2.24. The van der Waals surface area contributed by atoms with Gasteiger partial charge in [-0.25, -0.2) is 9.97 Å². The Morgan fingerprint density at radius 2 is 1.61 bits per heavy atom. The minimum Gasteiger partial charge on any atom is -0.365 e. The van der Waals surface area contributed by atoms with Crippen LogP contribution in [-0.2, 0) is 24.8 Å². The SMILES string of the molecule is CCc1ncc2c(n1)CN(c1ccc(C(C)(C)c3ccc(C)cc3)cc1)CC2. The number of hydrogen-bond acceptors (Lipinski definition) is 3. The van der Waals surface area contributed by atoms with Crippen LogP contribution in [0.15, 0.2) is 54.7 Å². The minimum atomic E-state index is -0.00994. The Morgan fingerprint density at radius 3 is 2.25 bits per heavy atom. The average molecular weight is 372 g/mol. The zero-order chi connectivity index (χ0) is 19.7. The molecule has 0 fully saturated rings. The fourth-order valence-electron chi connectivity index (χ4n) is 3.96. The van der Waals surface area contributed by atoms with Gasteiger partial charge in [0, 0.05) is 30.3 Å². The van der Waals surface area contributed by atoms with Gasteiger partial charge in [-0.2, -0.15) is 0 Å². The largest absolute Gasteiger partial charge is 0.365 e. The molecule has 0 saturated heterocycles. The van der Waals surface area contributed by atoms with Gasteiger partial charge in [-0.15, -0.1) is 0 Å². The van der Waals surface area contributed by atoms with Gasteiger partial charge in [0.25, 0.3) is 0 Å². The fourth-order valence-corrected chi connectivity index (χ4v) is 3.96. The van der Waals surface area contributed by atoms with Crippen LogP contribution in [0.5, 0.6) is 0 Å². The summed E-state index contributed by atoms with van der Waals surface area (Å²) in [6.07, 6.45) is 3.91. The summed E-state index contributed by atoms with van der Waals surface area (Å²) < 4.78 is 0. The van der Waals surface area contributed by atoms with E-state index in [0.717, 1.165) is 31.8 Å². The molecule has 0 bridgehead atoms. The summed E-state index contributed by atoms with van der Waals surface area (Å²) in [5, 5.41) is 0. The molecule has 2 aromatic carbocycles. The van der Waals surface area contributed by atoms with E-state index in [0.29, 0.717) is 0 Å². The molecule has 0 saturated carbocycles. The molecule has 1 aromatic heterocycles. The second-order valence-electron chi connectivity index (χ2n) is 8.32. The highest BCUT2D eigenvalue weighted by molar-refractivity contribution is 5.52. The van der Waals surface area contributed by atoms with Crippen molar-refractivity contribution in [3.63, 3.8) is 0 Å². The Bertz CT molecular complexity index is 956. The molecule has 0 N–H and O–H groups in total. The van der Waals surface area contributed by atoms with Crippen LogP contribution in [-0.4, -0.2) is 16.5 Å². The molecule has 0 radical (unpaired) electrons. The number of rotatable bonds is 4. The first-order valence-electron chi connectivity index (χ1n) is 10.2. The van der Waals surface area contributed by atoms with E-state index < -0.39 is 0 Å². The van der Waals surface area contributed by atoms with Crippen molar-refractivity contribution in [2.24, 2.45) is 0 Å². The Balaban J connectivity index is 1.55. The lowest BCUT2D eigenvalue weighted by atomic mass is 9.78. The normalized spacial score (nSPS) is 14.1. The summed E-state index contributed by atoms with van der Waals surface area (Å²) in [7, 11) is 0. The lowest BCUT2D eigenvalue weighted by molar-refractivity contribution is 0.639. The van der Waals surface area contributed by atoms with E-state index in [1.165, 1.54) is 33.6 Å². The van der Waals surface area contributed by atoms with Gasteiger partial charge in [0.2, 0.25) is 0 Å². The van der Waals surface area contributed by atoms with E-state index in [1.807, 2.05) is 6.20 Å². The highest BCUT2D eigenvalue weighted by Crippen LogP contribution is 2.33. The van der Waals surface area contributed by atoms with E-state index in [4.69, 9.17) is 4.98 Å².